The summed E-state index contributed by atoms with van der Waals surface area (Å²) in [6.07, 6.45) is 3.57. The first-order valence-electron chi connectivity index (χ1n) is 6.44. The van der Waals surface area contributed by atoms with Gasteiger partial charge >= 0.3 is 0 Å². The maximum atomic E-state index is 12.0. The highest BCUT2D eigenvalue weighted by molar-refractivity contribution is 5.78. The van der Waals surface area contributed by atoms with Crippen LogP contribution in [0.4, 0.5) is 0 Å². The van der Waals surface area contributed by atoms with E-state index in [1.807, 2.05) is 6.92 Å². The van der Waals surface area contributed by atoms with Crippen LogP contribution >= 0.6 is 0 Å². The molecule has 1 rings (SSSR count). The fraction of sp³-hybridized carbons (Fsp3) is 0.923. The molecule has 0 saturated heterocycles. The molecule has 4 nitrogen and oxygen atoms in total. The second-order valence-corrected chi connectivity index (χ2v) is 5.74. The van der Waals surface area contributed by atoms with Gasteiger partial charge in [-0.25, -0.2) is 0 Å². The van der Waals surface area contributed by atoms with E-state index in [1.165, 1.54) is 0 Å². The Bertz CT molecular complexity index is 269. The van der Waals surface area contributed by atoms with Crippen molar-refractivity contribution in [3.05, 3.63) is 0 Å². The lowest BCUT2D eigenvalue weighted by atomic mass is 9.77. The number of rotatable bonds is 6. The van der Waals surface area contributed by atoms with Crippen molar-refractivity contribution in [2.24, 2.45) is 11.7 Å². The zero-order valence-electron chi connectivity index (χ0n) is 11.5. The van der Waals surface area contributed by atoms with E-state index >= 15 is 0 Å². The van der Waals surface area contributed by atoms with Crippen LogP contribution in [-0.2, 0) is 9.53 Å². The lowest BCUT2D eigenvalue weighted by Gasteiger charge is -2.41. The summed E-state index contributed by atoms with van der Waals surface area (Å²) >= 11 is 0. The predicted molar refractivity (Wildman–Crippen MR) is 68.6 cm³/mol. The molecular weight excluding hydrogens is 216 g/mol. The largest absolute Gasteiger partial charge is 0.378 e. The molecule has 1 fully saturated rings. The molecule has 0 bridgehead atoms. The molecule has 4 heteroatoms. The van der Waals surface area contributed by atoms with Gasteiger partial charge in [0.25, 0.3) is 0 Å². The first-order chi connectivity index (χ1) is 7.87. The number of carbonyl (C=O) groups is 1. The van der Waals surface area contributed by atoms with Gasteiger partial charge in [0.2, 0.25) is 5.91 Å². The Hall–Kier alpha value is -0.610. The van der Waals surface area contributed by atoms with Crippen molar-refractivity contribution < 1.29 is 9.53 Å². The van der Waals surface area contributed by atoms with Crippen molar-refractivity contribution in [3.63, 3.8) is 0 Å². The molecule has 1 aliphatic rings. The lowest BCUT2D eigenvalue weighted by Crippen LogP contribution is -2.56. The highest BCUT2D eigenvalue weighted by Gasteiger charge is 2.40. The average molecular weight is 242 g/mol. The van der Waals surface area contributed by atoms with Crippen molar-refractivity contribution in [2.75, 3.05) is 13.7 Å². The molecule has 1 unspecified atom stereocenters. The van der Waals surface area contributed by atoms with Gasteiger partial charge in [0, 0.05) is 13.7 Å². The number of nitrogens with one attached hydrogen (secondary N) is 1. The summed E-state index contributed by atoms with van der Waals surface area (Å²) in [7, 11) is 1.69. The zero-order chi connectivity index (χ0) is 13.1. The zero-order valence-corrected chi connectivity index (χ0v) is 11.5. The molecule has 0 aliphatic heterocycles. The first-order valence-corrected chi connectivity index (χ1v) is 6.44. The van der Waals surface area contributed by atoms with Crippen LogP contribution in [0.5, 0.6) is 0 Å². The van der Waals surface area contributed by atoms with Gasteiger partial charge in [-0.1, -0.05) is 13.8 Å². The molecule has 1 aliphatic carbocycles. The minimum Gasteiger partial charge on any atom is -0.378 e. The van der Waals surface area contributed by atoms with E-state index in [4.69, 9.17) is 10.5 Å². The standard InChI is InChI=1S/C13H26N2O2/c1-10(2)12(3,9-14)15-11(16)8-13(17-4)6-5-7-13/h10H,5-9,14H2,1-4H3,(H,15,16). The van der Waals surface area contributed by atoms with Crippen LogP contribution in [0, 0.1) is 5.92 Å². The molecule has 0 aromatic rings. The summed E-state index contributed by atoms with van der Waals surface area (Å²) in [5, 5.41) is 3.06. The van der Waals surface area contributed by atoms with E-state index in [0.29, 0.717) is 18.9 Å². The van der Waals surface area contributed by atoms with E-state index in [9.17, 15) is 4.79 Å². The maximum absolute atomic E-state index is 12.0. The average Bonchev–Trinajstić information content (AvgIpc) is 2.23. The Morgan fingerprint density at radius 2 is 2.12 bits per heavy atom. The van der Waals surface area contributed by atoms with Crippen LogP contribution in [0.15, 0.2) is 0 Å². The molecule has 0 radical (unpaired) electrons. The van der Waals surface area contributed by atoms with Gasteiger partial charge in [-0.3, -0.25) is 4.79 Å². The number of hydrogen-bond acceptors (Lipinski definition) is 3. The van der Waals surface area contributed by atoms with E-state index in [0.717, 1.165) is 19.3 Å². The van der Waals surface area contributed by atoms with Crippen LogP contribution in [0.2, 0.25) is 0 Å². The molecular formula is C13H26N2O2. The molecule has 1 atom stereocenters. The molecule has 1 saturated carbocycles. The van der Waals surface area contributed by atoms with E-state index in [-0.39, 0.29) is 17.0 Å². The first kappa shape index (κ1) is 14.5. The molecule has 0 heterocycles. The topological polar surface area (TPSA) is 64.3 Å². The number of ether oxygens (including phenoxy) is 1. The Labute approximate surface area is 104 Å². The third-order valence-corrected chi connectivity index (χ3v) is 4.30. The van der Waals surface area contributed by atoms with Crippen molar-refractivity contribution in [1.29, 1.82) is 0 Å². The van der Waals surface area contributed by atoms with Crippen molar-refractivity contribution in [1.82, 2.24) is 5.32 Å². The summed E-state index contributed by atoms with van der Waals surface area (Å²) in [5.41, 5.74) is 5.22. The lowest BCUT2D eigenvalue weighted by molar-refractivity contribution is -0.136. The highest BCUT2D eigenvalue weighted by atomic mass is 16.5. The van der Waals surface area contributed by atoms with Crippen LogP contribution in [0.1, 0.15) is 46.5 Å². The Balaban J connectivity index is 2.54. The molecule has 17 heavy (non-hydrogen) atoms. The number of methoxy groups -OCH3 is 1. The van der Waals surface area contributed by atoms with Crippen molar-refractivity contribution in [2.45, 2.75) is 57.6 Å². The summed E-state index contributed by atoms with van der Waals surface area (Å²) in [6, 6.07) is 0. The molecule has 0 aromatic carbocycles. The van der Waals surface area contributed by atoms with Gasteiger partial charge in [0.05, 0.1) is 17.6 Å². The minimum atomic E-state index is -0.324. The van der Waals surface area contributed by atoms with Gasteiger partial charge in [-0.05, 0) is 32.1 Å². The summed E-state index contributed by atoms with van der Waals surface area (Å²) in [6.45, 7) is 6.59. The third-order valence-electron chi connectivity index (χ3n) is 4.30. The third kappa shape index (κ3) is 3.19. The fourth-order valence-corrected chi connectivity index (χ4v) is 2.11. The summed E-state index contributed by atoms with van der Waals surface area (Å²) in [5.74, 6) is 0.365. The molecule has 100 valence electrons. The second-order valence-electron chi connectivity index (χ2n) is 5.74. The Kier molecular flexibility index (Phi) is 4.55. The Morgan fingerprint density at radius 1 is 1.53 bits per heavy atom. The van der Waals surface area contributed by atoms with E-state index < -0.39 is 0 Å². The smallest absolute Gasteiger partial charge is 0.223 e. The molecule has 0 aromatic heterocycles. The van der Waals surface area contributed by atoms with Gasteiger partial charge in [0.1, 0.15) is 0 Å². The van der Waals surface area contributed by atoms with E-state index in [1.54, 1.807) is 7.11 Å². The van der Waals surface area contributed by atoms with Crippen molar-refractivity contribution in [3.8, 4) is 0 Å². The number of amides is 1. The number of carbonyl (C=O) groups excluding carboxylic acids is 1. The van der Waals surface area contributed by atoms with Gasteiger partial charge in [0.15, 0.2) is 0 Å². The summed E-state index contributed by atoms with van der Waals surface area (Å²) in [4.78, 5) is 12.0. The normalized spacial score (nSPS) is 21.8. The van der Waals surface area contributed by atoms with Gasteiger partial charge < -0.3 is 15.8 Å². The predicted octanol–water partition coefficient (Wildman–Crippen LogP) is 1.44. The minimum absolute atomic E-state index is 0.0493. The van der Waals surface area contributed by atoms with E-state index in [2.05, 4.69) is 19.2 Å². The monoisotopic (exact) mass is 242 g/mol. The highest BCUT2D eigenvalue weighted by Crippen LogP contribution is 2.38. The SMILES string of the molecule is COC1(CC(=O)NC(C)(CN)C(C)C)CCC1. The second kappa shape index (κ2) is 5.36. The molecule has 0 spiro atoms. The molecule has 1 amide bonds. The number of nitrogens with two attached hydrogens (primary N) is 1. The quantitative estimate of drug-likeness (QED) is 0.740. The van der Waals surface area contributed by atoms with Crippen LogP contribution in [0.25, 0.3) is 0 Å². The molecule has 3 N–H and O–H groups in total. The Morgan fingerprint density at radius 3 is 2.41 bits per heavy atom. The summed E-state index contributed by atoms with van der Waals surface area (Å²) < 4.78 is 5.46. The van der Waals surface area contributed by atoms with Crippen LogP contribution in [-0.4, -0.2) is 30.7 Å². The van der Waals surface area contributed by atoms with Crippen LogP contribution < -0.4 is 11.1 Å². The fourth-order valence-electron chi connectivity index (χ4n) is 2.11. The van der Waals surface area contributed by atoms with Crippen LogP contribution in [0.3, 0.4) is 0 Å². The van der Waals surface area contributed by atoms with Gasteiger partial charge in [-0.2, -0.15) is 0 Å². The van der Waals surface area contributed by atoms with Crippen molar-refractivity contribution >= 4 is 5.91 Å². The van der Waals surface area contributed by atoms with Gasteiger partial charge in [-0.15, -0.1) is 0 Å². The number of hydrogen-bond donors (Lipinski definition) is 2. The maximum Gasteiger partial charge on any atom is 0.223 e.